The van der Waals surface area contributed by atoms with Crippen LogP contribution in [0.4, 0.5) is 26.3 Å². The molecular weight excluding hydrogens is 422 g/mol. The van der Waals surface area contributed by atoms with Crippen LogP contribution in [0.3, 0.4) is 0 Å². The zero-order valence-corrected chi connectivity index (χ0v) is 16.0. The highest BCUT2D eigenvalue weighted by Gasteiger charge is 2.36. The Kier molecular flexibility index (Phi) is 5.68. The molecule has 0 saturated heterocycles. The highest BCUT2D eigenvalue weighted by molar-refractivity contribution is 5.66. The molecule has 3 rings (SSSR count). The second-order valence-corrected chi connectivity index (χ2v) is 6.83. The van der Waals surface area contributed by atoms with Gasteiger partial charge < -0.3 is 4.57 Å². The number of nitriles is 1. The summed E-state index contributed by atoms with van der Waals surface area (Å²) in [5.41, 5.74) is -3.41. The number of hydrogen-bond acceptors (Lipinski definition) is 2. The van der Waals surface area contributed by atoms with Crippen molar-refractivity contribution in [3.8, 4) is 17.3 Å². The molecule has 0 spiro atoms. The molecule has 0 aliphatic rings. The minimum absolute atomic E-state index is 0.0886. The van der Waals surface area contributed by atoms with E-state index in [9.17, 15) is 36.4 Å². The smallest absolute Gasteiger partial charge is 0.303 e. The normalized spacial score (nSPS) is 11.9. The lowest BCUT2D eigenvalue weighted by atomic mass is 10.0. The first-order valence-electron chi connectivity index (χ1n) is 8.90. The Morgan fingerprint density at radius 1 is 0.935 bits per heavy atom. The molecule has 1 heterocycles. The fourth-order valence-corrected chi connectivity index (χ4v) is 3.20. The van der Waals surface area contributed by atoms with Gasteiger partial charge in [-0.25, -0.2) is 0 Å². The second-order valence-electron chi connectivity index (χ2n) is 6.83. The number of pyridine rings is 1. The zero-order chi connectivity index (χ0) is 23.0. The van der Waals surface area contributed by atoms with E-state index in [4.69, 9.17) is 0 Å². The Morgan fingerprint density at radius 2 is 1.55 bits per heavy atom. The Bertz CT molecular complexity index is 1220. The fourth-order valence-electron chi connectivity index (χ4n) is 3.20. The molecule has 0 atom stereocenters. The number of rotatable bonds is 3. The number of halogens is 6. The van der Waals surface area contributed by atoms with Gasteiger partial charge in [0.05, 0.1) is 23.4 Å². The monoisotopic (exact) mass is 436 g/mol. The van der Waals surface area contributed by atoms with E-state index in [0.717, 1.165) is 34.9 Å². The maximum atomic E-state index is 13.5. The Labute approximate surface area is 172 Å². The van der Waals surface area contributed by atoms with E-state index < -0.39 is 34.6 Å². The van der Waals surface area contributed by atoms with Crippen molar-refractivity contribution >= 4 is 0 Å². The highest BCUT2D eigenvalue weighted by Crippen LogP contribution is 2.35. The third-order valence-electron chi connectivity index (χ3n) is 4.76. The largest absolute Gasteiger partial charge is 0.417 e. The number of aromatic nitrogens is 1. The lowest BCUT2D eigenvalue weighted by Gasteiger charge is -2.19. The van der Waals surface area contributed by atoms with Gasteiger partial charge in [0.15, 0.2) is 0 Å². The predicted octanol–water partition coefficient (Wildman–Crippen LogP) is 5.78. The molecule has 3 aromatic rings. The van der Waals surface area contributed by atoms with E-state index in [1.807, 2.05) is 0 Å². The summed E-state index contributed by atoms with van der Waals surface area (Å²) in [6.07, 6.45) is -9.49. The van der Waals surface area contributed by atoms with Crippen molar-refractivity contribution in [1.82, 2.24) is 4.57 Å². The van der Waals surface area contributed by atoms with Crippen molar-refractivity contribution in [1.29, 1.82) is 5.26 Å². The standard InChI is InChI=1S/C22H14F6N2O/c1-13-4-2-3-5-16(13)19-10-18(22(26,27)28)17(11-29)20(31)30(19)12-14-6-8-15(9-7-14)21(23,24)25/h2-10H,12H2,1H3. The maximum Gasteiger partial charge on any atom is 0.417 e. The van der Waals surface area contributed by atoms with Gasteiger partial charge in [-0.3, -0.25) is 4.79 Å². The summed E-state index contributed by atoms with van der Waals surface area (Å²) in [6.45, 7) is 1.33. The molecule has 0 radical (unpaired) electrons. The van der Waals surface area contributed by atoms with Gasteiger partial charge in [0.25, 0.3) is 5.56 Å². The van der Waals surface area contributed by atoms with Gasteiger partial charge in [0.2, 0.25) is 0 Å². The van der Waals surface area contributed by atoms with Crippen molar-refractivity contribution in [2.75, 3.05) is 0 Å². The molecule has 0 N–H and O–H groups in total. The van der Waals surface area contributed by atoms with Gasteiger partial charge in [-0.1, -0.05) is 36.4 Å². The topological polar surface area (TPSA) is 45.8 Å². The third-order valence-corrected chi connectivity index (χ3v) is 4.76. The molecule has 3 nitrogen and oxygen atoms in total. The molecule has 2 aromatic carbocycles. The Morgan fingerprint density at radius 3 is 2.06 bits per heavy atom. The molecule has 9 heteroatoms. The Balaban J connectivity index is 2.25. The molecule has 1 aromatic heterocycles. The lowest BCUT2D eigenvalue weighted by Crippen LogP contribution is -2.28. The van der Waals surface area contributed by atoms with Gasteiger partial charge in [0, 0.05) is 5.56 Å². The van der Waals surface area contributed by atoms with Crippen LogP contribution in [0.5, 0.6) is 0 Å². The minimum atomic E-state index is -4.94. The zero-order valence-electron chi connectivity index (χ0n) is 16.0. The van der Waals surface area contributed by atoms with Crippen LogP contribution in [-0.2, 0) is 18.9 Å². The number of benzene rings is 2. The number of nitrogens with zero attached hydrogens (tertiary/aromatic N) is 2. The summed E-state index contributed by atoms with van der Waals surface area (Å²) in [4.78, 5) is 12.9. The summed E-state index contributed by atoms with van der Waals surface area (Å²) in [7, 11) is 0. The van der Waals surface area contributed by atoms with Crippen LogP contribution < -0.4 is 5.56 Å². The number of alkyl halides is 6. The van der Waals surface area contributed by atoms with Crippen LogP contribution in [0.25, 0.3) is 11.3 Å². The van der Waals surface area contributed by atoms with E-state index in [1.54, 1.807) is 25.1 Å². The average molecular weight is 436 g/mol. The molecule has 0 amide bonds. The first-order valence-corrected chi connectivity index (χ1v) is 8.90. The lowest BCUT2D eigenvalue weighted by molar-refractivity contribution is -0.138. The summed E-state index contributed by atoms with van der Waals surface area (Å²) in [5, 5.41) is 9.21. The molecule has 0 aliphatic carbocycles. The minimum Gasteiger partial charge on any atom is -0.303 e. The maximum absolute atomic E-state index is 13.5. The molecule has 0 fully saturated rings. The van der Waals surface area contributed by atoms with Crippen LogP contribution in [0, 0.1) is 18.3 Å². The highest BCUT2D eigenvalue weighted by atomic mass is 19.4. The van der Waals surface area contributed by atoms with Crippen LogP contribution in [-0.4, -0.2) is 4.57 Å². The summed E-state index contributed by atoms with van der Waals surface area (Å²) < 4.78 is 79.9. The van der Waals surface area contributed by atoms with Crippen LogP contribution in [0.15, 0.2) is 59.4 Å². The molecule has 0 unspecified atom stereocenters. The van der Waals surface area contributed by atoms with Crippen molar-refractivity contribution in [2.24, 2.45) is 0 Å². The van der Waals surface area contributed by atoms with Gasteiger partial charge in [-0.2, -0.15) is 31.6 Å². The SMILES string of the molecule is Cc1ccccc1-c1cc(C(F)(F)F)c(C#N)c(=O)n1Cc1ccc(C(F)(F)F)cc1. The number of aryl methyl sites for hydroxylation is 1. The first kappa shape index (κ1) is 22.2. The molecule has 0 saturated carbocycles. The summed E-state index contributed by atoms with van der Waals surface area (Å²) >= 11 is 0. The predicted molar refractivity (Wildman–Crippen MR) is 101 cm³/mol. The molecule has 0 bridgehead atoms. The third kappa shape index (κ3) is 4.48. The van der Waals surface area contributed by atoms with E-state index >= 15 is 0 Å². The van der Waals surface area contributed by atoms with E-state index in [2.05, 4.69) is 0 Å². The van der Waals surface area contributed by atoms with E-state index in [1.165, 1.54) is 12.1 Å². The van der Waals surface area contributed by atoms with Crippen molar-refractivity contribution in [3.63, 3.8) is 0 Å². The molecule has 0 aliphatic heterocycles. The van der Waals surface area contributed by atoms with Crippen molar-refractivity contribution in [2.45, 2.75) is 25.8 Å². The molecular formula is C22H14F6N2O. The quantitative estimate of drug-likeness (QED) is 0.489. The van der Waals surface area contributed by atoms with E-state index in [-0.39, 0.29) is 17.8 Å². The molecule has 31 heavy (non-hydrogen) atoms. The van der Waals surface area contributed by atoms with Crippen LogP contribution in [0.1, 0.15) is 27.8 Å². The summed E-state index contributed by atoms with van der Waals surface area (Å²) in [6, 6.07) is 12.4. The van der Waals surface area contributed by atoms with Gasteiger partial charge in [-0.05, 0) is 36.2 Å². The average Bonchev–Trinajstić information content (AvgIpc) is 2.68. The van der Waals surface area contributed by atoms with Crippen molar-refractivity contribution < 1.29 is 26.3 Å². The number of hydrogen-bond donors (Lipinski definition) is 0. The van der Waals surface area contributed by atoms with Gasteiger partial charge in [-0.15, -0.1) is 0 Å². The van der Waals surface area contributed by atoms with E-state index in [0.29, 0.717) is 11.1 Å². The van der Waals surface area contributed by atoms with Crippen LogP contribution >= 0.6 is 0 Å². The van der Waals surface area contributed by atoms with Gasteiger partial charge >= 0.3 is 12.4 Å². The summed E-state index contributed by atoms with van der Waals surface area (Å²) in [5.74, 6) is 0. The van der Waals surface area contributed by atoms with Crippen LogP contribution in [0.2, 0.25) is 0 Å². The molecule has 160 valence electrons. The second kappa shape index (κ2) is 7.95. The Hall–Kier alpha value is -3.54. The van der Waals surface area contributed by atoms with Crippen molar-refractivity contribution in [3.05, 3.63) is 92.8 Å². The first-order chi connectivity index (χ1) is 14.4. The fraction of sp³-hybridized carbons (Fsp3) is 0.182. The van der Waals surface area contributed by atoms with Gasteiger partial charge in [0.1, 0.15) is 11.6 Å².